The van der Waals surface area contributed by atoms with E-state index in [1.54, 1.807) is 12.5 Å². The van der Waals surface area contributed by atoms with Crippen LogP contribution in [0.2, 0.25) is 0 Å². The predicted molar refractivity (Wildman–Crippen MR) is 87.1 cm³/mol. The van der Waals surface area contributed by atoms with Gasteiger partial charge in [-0.2, -0.15) is 0 Å². The van der Waals surface area contributed by atoms with E-state index in [0.717, 1.165) is 29.6 Å². The van der Waals surface area contributed by atoms with Gasteiger partial charge < -0.3 is 13.9 Å². The number of furan rings is 1. The number of cyclic esters (lactones) is 2. The minimum Gasteiger partial charge on any atom is -0.472 e. The highest BCUT2D eigenvalue weighted by molar-refractivity contribution is 5.93. The highest BCUT2D eigenvalue weighted by Gasteiger charge is 2.59. The molecule has 0 saturated carbocycles. The van der Waals surface area contributed by atoms with Crippen LogP contribution in [0.25, 0.3) is 0 Å². The van der Waals surface area contributed by atoms with E-state index in [1.165, 1.54) is 0 Å². The highest BCUT2D eigenvalue weighted by Crippen LogP contribution is 2.59. The largest absolute Gasteiger partial charge is 0.472 e. The molecule has 1 fully saturated rings. The van der Waals surface area contributed by atoms with Gasteiger partial charge in [0, 0.05) is 16.6 Å². The minimum absolute atomic E-state index is 0.121. The van der Waals surface area contributed by atoms with E-state index in [2.05, 4.69) is 13.0 Å². The molecule has 1 spiro atoms. The summed E-state index contributed by atoms with van der Waals surface area (Å²) < 4.78 is 16.4. The number of ether oxygens (including phenoxy) is 2. The molecule has 0 radical (unpaired) electrons. The first-order valence-electron chi connectivity index (χ1n) is 8.91. The van der Waals surface area contributed by atoms with Crippen LogP contribution in [0, 0.1) is 23.2 Å². The number of carbonyl (C=O) groups is 2. The summed E-state index contributed by atoms with van der Waals surface area (Å²) in [6, 6.07) is 1.85. The van der Waals surface area contributed by atoms with Crippen molar-refractivity contribution in [3.05, 3.63) is 47.5 Å². The molecule has 3 heterocycles. The monoisotopic (exact) mass is 340 g/mol. The van der Waals surface area contributed by atoms with Gasteiger partial charge in [0.2, 0.25) is 0 Å². The molecule has 0 amide bonds. The average Bonchev–Trinajstić information content (AvgIpc) is 3.29. The zero-order valence-corrected chi connectivity index (χ0v) is 14.1. The summed E-state index contributed by atoms with van der Waals surface area (Å²) >= 11 is 0. The molecule has 4 aliphatic rings. The van der Waals surface area contributed by atoms with Crippen LogP contribution in [0.4, 0.5) is 0 Å². The van der Waals surface area contributed by atoms with Crippen molar-refractivity contribution in [2.24, 2.45) is 23.2 Å². The molecule has 5 atom stereocenters. The summed E-state index contributed by atoms with van der Waals surface area (Å²) in [4.78, 5) is 24.8. The second kappa shape index (κ2) is 5.10. The molecule has 2 aliphatic carbocycles. The fraction of sp³-hybridized carbons (Fsp3) is 0.500. The lowest BCUT2D eigenvalue weighted by Crippen LogP contribution is -2.42. The van der Waals surface area contributed by atoms with E-state index >= 15 is 0 Å². The molecule has 130 valence electrons. The van der Waals surface area contributed by atoms with Gasteiger partial charge in [-0.15, -0.1) is 0 Å². The third-order valence-electron chi connectivity index (χ3n) is 6.70. The van der Waals surface area contributed by atoms with Crippen LogP contribution in [0.1, 0.15) is 37.9 Å². The number of allylic oxidation sites excluding steroid dienone is 1. The lowest BCUT2D eigenvalue weighted by Gasteiger charge is -2.43. The van der Waals surface area contributed by atoms with Gasteiger partial charge in [0.1, 0.15) is 0 Å². The van der Waals surface area contributed by atoms with Crippen molar-refractivity contribution in [1.29, 1.82) is 0 Å². The summed E-state index contributed by atoms with van der Waals surface area (Å²) in [6.07, 6.45) is 9.33. The molecule has 5 nitrogen and oxygen atoms in total. The molecule has 1 aromatic rings. The number of carbonyl (C=O) groups excluding carboxylic acids is 2. The summed E-state index contributed by atoms with van der Waals surface area (Å²) in [7, 11) is 0. The number of hydrogen-bond acceptors (Lipinski definition) is 5. The molecule has 0 bridgehead atoms. The van der Waals surface area contributed by atoms with Gasteiger partial charge in [-0.05, 0) is 42.7 Å². The second-order valence-electron chi connectivity index (χ2n) is 7.65. The summed E-state index contributed by atoms with van der Waals surface area (Å²) in [5, 5.41) is 0. The lowest BCUT2D eigenvalue weighted by molar-refractivity contribution is -0.141. The minimum atomic E-state index is -0.367. The van der Waals surface area contributed by atoms with E-state index < -0.39 is 0 Å². The normalized spacial score (nSPS) is 39.4. The Kier molecular flexibility index (Phi) is 3.06. The Balaban J connectivity index is 1.60. The van der Waals surface area contributed by atoms with E-state index in [4.69, 9.17) is 13.9 Å². The van der Waals surface area contributed by atoms with Gasteiger partial charge in [0.25, 0.3) is 0 Å². The zero-order chi connectivity index (χ0) is 17.2. The maximum atomic E-state index is 12.5. The highest BCUT2D eigenvalue weighted by atomic mass is 16.6. The SMILES string of the molecule is CC1C2=C(CCC34COC(=O)C3C=CCC14)C(=O)OC2c1ccoc1. The van der Waals surface area contributed by atoms with Crippen molar-refractivity contribution in [1.82, 2.24) is 0 Å². The number of hydrogen-bond donors (Lipinski definition) is 0. The summed E-state index contributed by atoms with van der Waals surface area (Å²) in [6.45, 7) is 2.63. The first-order chi connectivity index (χ1) is 12.1. The molecule has 0 aromatic carbocycles. The summed E-state index contributed by atoms with van der Waals surface area (Å²) in [5.41, 5.74) is 2.54. The fourth-order valence-electron chi connectivity index (χ4n) is 5.46. The van der Waals surface area contributed by atoms with Crippen LogP contribution in [0.5, 0.6) is 0 Å². The van der Waals surface area contributed by atoms with Crippen LogP contribution < -0.4 is 0 Å². The van der Waals surface area contributed by atoms with Gasteiger partial charge >= 0.3 is 11.9 Å². The number of rotatable bonds is 1. The van der Waals surface area contributed by atoms with Crippen molar-refractivity contribution >= 4 is 11.9 Å². The van der Waals surface area contributed by atoms with Gasteiger partial charge in [-0.25, -0.2) is 4.79 Å². The van der Waals surface area contributed by atoms with Gasteiger partial charge in [-0.3, -0.25) is 4.79 Å². The molecule has 0 N–H and O–H groups in total. The van der Waals surface area contributed by atoms with E-state index in [1.807, 2.05) is 12.1 Å². The summed E-state index contributed by atoms with van der Waals surface area (Å²) in [5.74, 6) is -0.115. The molecular formula is C20H20O5. The first-order valence-corrected chi connectivity index (χ1v) is 8.91. The van der Waals surface area contributed by atoms with Crippen molar-refractivity contribution in [3.8, 4) is 0 Å². The Bertz CT molecular complexity index is 802. The van der Waals surface area contributed by atoms with Gasteiger partial charge in [0.15, 0.2) is 6.10 Å². The molecule has 5 unspecified atom stereocenters. The van der Waals surface area contributed by atoms with Crippen LogP contribution in [0.3, 0.4) is 0 Å². The molecule has 1 saturated heterocycles. The van der Waals surface area contributed by atoms with Crippen LogP contribution in [0.15, 0.2) is 46.3 Å². The fourth-order valence-corrected chi connectivity index (χ4v) is 5.46. The van der Waals surface area contributed by atoms with Crippen molar-refractivity contribution in [3.63, 3.8) is 0 Å². The van der Waals surface area contributed by atoms with E-state index in [9.17, 15) is 9.59 Å². The van der Waals surface area contributed by atoms with Crippen molar-refractivity contribution < 1.29 is 23.5 Å². The maximum Gasteiger partial charge on any atom is 0.335 e. The third-order valence-corrected chi connectivity index (χ3v) is 6.70. The molecule has 1 aromatic heterocycles. The molecule has 2 aliphatic heterocycles. The predicted octanol–water partition coefficient (Wildman–Crippen LogP) is 3.34. The molecule has 5 rings (SSSR count). The average molecular weight is 340 g/mol. The molecule has 25 heavy (non-hydrogen) atoms. The Hall–Kier alpha value is -2.30. The Morgan fingerprint density at radius 3 is 2.96 bits per heavy atom. The topological polar surface area (TPSA) is 65.7 Å². The smallest absolute Gasteiger partial charge is 0.335 e. The standard InChI is InChI=1S/C20H20O5/c1-11-14-3-2-4-15-19(22)24-10-20(14,15)7-5-13-16(11)17(25-18(13)21)12-6-8-23-9-12/h2,4,6,8-9,11,14-15,17H,3,5,7,10H2,1H3. The zero-order valence-electron chi connectivity index (χ0n) is 14.1. The Morgan fingerprint density at radius 2 is 2.16 bits per heavy atom. The maximum absolute atomic E-state index is 12.5. The molecule has 5 heteroatoms. The first kappa shape index (κ1) is 15.0. The van der Waals surface area contributed by atoms with Crippen molar-refractivity contribution in [2.75, 3.05) is 6.61 Å². The van der Waals surface area contributed by atoms with Crippen molar-refractivity contribution in [2.45, 2.75) is 32.3 Å². The third kappa shape index (κ3) is 1.89. The Labute approximate surface area is 145 Å². The number of esters is 2. The van der Waals surface area contributed by atoms with Crippen LogP contribution >= 0.6 is 0 Å². The van der Waals surface area contributed by atoms with Crippen LogP contribution in [-0.2, 0) is 19.1 Å². The van der Waals surface area contributed by atoms with E-state index in [0.29, 0.717) is 13.0 Å². The Morgan fingerprint density at radius 1 is 1.28 bits per heavy atom. The van der Waals surface area contributed by atoms with Crippen LogP contribution in [-0.4, -0.2) is 18.5 Å². The molecular weight excluding hydrogens is 320 g/mol. The van der Waals surface area contributed by atoms with E-state index in [-0.39, 0.29) is 41.2 Å². The lowest BCUT2D eigenvalue weighted by atomic mass is 9.58. The van der Waals surface area contributed by atoms with Gasteiger partial charge in [-0.1, -0.05) is 19.1 Å². The van der Waals surface area contributed by atoms with Gasteiger partial charge in [0.05, 0.1) is 25.1 Å². The second-order valence-corrected chi connectivity index (χ2v) is 7.65. The quantitative estimate of drug-likeness (QED) is 0.579.